The van der Waals surface area contributed by atoms with Crippen LogP contribution in [-0.4, -0.2) is 53.7 Å². The summed E-state index contributed by atoms with van der Waals surface area (Å²) in [5, 5.41) is 0. The van der Waals surface area contributed by atoms with E-state index in [0.717, 1.165) is 3.57 Å². The van der Waals surface area contributed by atoms with Crippen LogP contribution in [0, 0.1) is 3.57 Å². The van der Waals surface area contributed by atoms with E-state index in [9.17, 15) is 9.59 Å². The predicted octanol–water partition coefficient (Wildman–Crippen LogP) is 4.61. The maximum absolute atomic E-state index is 12.9. The Kier molecular flexibility index (Phi) is 7.84. The van der Waals surface area contributed by atoms with Crippen LogP contribution < -0.4 is 4.74 Å². The van der Waals surface area contributed by atoms with E-state index in [1.54, 1.807) is 20.8 Å². The van der Waals surface area contributed by atoms with Gasteiger partial charge in [0, 0.05) is 15.9 Å². The Balaban J connectivity index is 2.33. The third kappa shape index (κ3) is 5.65. The number of rotatable bonds is 6. The first-order valence-corrected chi connectivity index (χ1v) is 10.8. The molecule has 0 saturated carbocycles. The molecule has 1 aliphatic heterocycles. The quantitative estimate of drug-likeness (QED) is 0.310. The van der Waals surface area contributed by atoms with Crippen molar-refractivity contribution >= 4 is 46.3 Å². The van der Waals surface area contributed by atoms with Gasteiger partial charge in [-0.2, -0.15) is 0 Å². The topological polar surface area (TPSA) is 65.1 Å². The van der Waals surface area contributed by atoms with E-state index in [0.29, 0.717) is 30.9 Å². The maximum atomic E-state index is 12.9. The average Bonchev–Trinajstić information content (AvgIpc) is 2.97. The largest absolute Gasteiger partial charge is 0.488 e. The minimum atomic E-state index is -1.15. The lowest BCUT2D eigenvalue weighted by atomic mass is 9.90. The number of ether oxygens (including phenoxy) is 3. The van der Waals surface area contributed by atoms with Gasteiger partial charge in [0.15, 0.2) is 0 Å². The van der Waals surface area contributed by atoms with Crippen molar-refractivity contribution in [3.05, 3.63) is 27.8 Å². The van der Waals surface area contributed by atoms with E-state index in [1.165, 1.54) is 12.0 Å². The van der Waals surface area contributed by atoms with Gasteiger partial charge in [0.05, 0.1) is 13.7 Å². The Morgan fingerprint density at radius 1 is 1.36 bits per heavy atom. The van der Waals surface area contributed by atoms with Crippen LogP contribution in [-0.2, 0) is 14.3 Å². The second kappa shape index (κ2) is 9.52. The number of likely N-dealkylation sites (tertiary alicyclic amines) is 1. The van der Waals surface area contributed by atoms with Crippen LogP contribution in [0.3, 0.4) is 0 Å². The Morgan fingerprint density at radius 3 is 2.64 bits per heavy atom. The number of carbonyl (C=O) groups excluding carboxylic acids is 2. The Morgan fingerprint density at radius 2 is 2.07 bits per heavy atom. The highest BCUT2D eigenvalue weighted by atomic mass is 127. The Hall–Kier alpha value is -1.22. The SMILES string of the molecule is COC(=O)[C@@]1(CCCCl)C[C@H](Oc2cccc(I)c2)CN1C(=O)OC(C)(C)C. The molecule has 1 aromatic carbocycles. The number of hydrogen-bond acceptors (Lipinski definition) is 5. The first-order valence-electron chi connectivity index (χ1n) is 9.18. The number of methoxy groups -OCH3 is 1. The summed E-state index contributed by atoms with van der Waals surface area (Å²) in [6.45, 7) is 5.61. The van der Waals surface area contributed by atoms with Crippen molar-refractivity contribution in [3.8, 4) is 5.75 Å². The van der Waals surface area contributed by atoms with Crippen molar-refractivity contribution in [2.24, 2.45) is 0 Å². The highest BCUT2D eigenvalue weighted by Crippen LogP contribution is 2.38. The van der Waals surface area contributed by atoms with Crippen LogP contribution in [0.4, 0.5) is 4.79 Å². The van der Waals surface area contributed by atoms with Gasteiger partial charge in [-0.05, 0) is 74.4 Å². The molecule has 1 saturated heterocycles. The minimum absolute atomic E-state index is 0.234. The fourth-order valence-electron chi connectivity index (χ4n) is 3.39. The van der Waals surface area contributed by atoms with E-state index in [4.69, 9.17) is 25.8 Å². The first-order chi connectivity index (χ1) is 13.1. The zero-order valence-electron chi connectivity index (χ0n) is 16.7. The van der Waals surface area contributed by atoms with E-state index in [2.05, 4.69) is 22.6 Å². The van der Waals surface area contributed by atoms with Gasteiger partial charge in [-0.1, -0.05) is 6.07 Å². The zero-order valence-corrected chi connectivity index (χ0v) is 19.6. The molecular formula is C20H27ClINO5. The average molecular weight is 524 g/mol. The molecular weight excluding hydrogens is 497 g/mol. The first kappa shape index (κ1) is 23.1. The van der Waals surface area contributed by atoms with E-state index in [1.807, 2.05) is 24.3 Å². The van der Waals surface area contributed by atoms with Gasteiger partial charge in [-0.15, -0.1) is 11.6 Å². The lowest BCUT2D eigenvalue weighted by molar-refractivity contribution is -0.153. The van der Waals surface area contributed by atoms with Crippen LogP contribution in [0.25, 0.3) is 0 Å². The monoisotopic (exact) mass is 523 g/mol. The second-order valence-electron chi connectivity index (χ2n) is 7.81. The Labute approximate surface area is 185 Å². The van der Waals surface area contributed by atoms with Crippen LogP contribution in [0.5, 0.6) is 5.75 Å². The molecule has 1 aliphatic rings. The minimum Gasteiger partial charge on any atom is -0.488 e. The molecule has 2 rings (SSSR count). The van der Waals surface area contributed by atoms with Gasteiger partial charge in [-0.3, -0.25) is 4.90 Å². The van der Waals surface area contributed by atoms with Crippen molar-refractivity contribution < 1.29 is 23.8 Å². The van der Waals surface area contributed by atoms with Crippen LogP contribution in [0.1, 0.15) is 40.0 Å². The smallest absolute Gasteiger partial charge is 0.411 e. The summed E-state index contributed by atoms with van der Waals surface area (Å²) < 4.78 is 17.8. The molecule has 0 aliphatic carbocycles. The summed E-state index contributed by atoms with van der Waals surface area (Å²) in [4.78, 5) is 27.2. The summed E-state index contributed by atoms with van der Waals surface area (Å²) in [6, 6.07) is 7.64. The third-order valence-electron chi connectivity index (χ3n) is 4.47. The van der Waals surface area contributed by atoms with Crippen LogP contribution >= 0.6 is 34.2 Å². The van der Waals surface area contributed by atoms with Gasteiger partial charge < -0.3 is 14.2 Å². The number of benzene rings is 1. The lowest BCUT2D eigenvalue weighted by Gasteiger charge is -2.36. The van der Waals surface area contributed by atoms with Crippen molar-refractivity contribution in [1.82, 2.24) is 4.90 Å². The van der Waals surface area contributed by atoms with Crippen molar-refractivity contribution in [1.29, 1.82) is 0 Å². The number of halogens is 2. The summed E-state index contributed by atoms with van der Waals surface area (Å²) in [6.07, 6.45) is 0.350. The molecule has 156 valence electrons. The number of nitrogens with zero attached hydrogens (tertiary/aromatic N) is 1. The molecule has 28 heavy (non-hydrogen) atoms. The Bertz CT molecular complexity index is 708. The summed E-state index contributed by atoms with van der Waals surface area (Å²) in [5.41, 5.74) is -1.83. The second-order valence-corrected chi connectivity index (χ2v) is 9.43. The fraction of sp³-hybridized carbons (Fsp3) is 0.600. The normalized spacial score (nSPS) is 22.1. The molecule has 0 N–H and O–H groups in total. The molecule has 0 bridgehead atoms. The van der Waals surface area contributed by atoms with Crippen molar-refractivity contribution in [2.45, 2.75) is 57.3 Å². The molecule has 1 aromatic rings. The zero-order chi connectivity index (χ0) is 20.9. The molecule has 1 amide bonds. The summed E-state index contributed by atoms with van der Waals surface area (Å²) in [5.74, 6) is 0.597. The summed E-state index contributed by atoms with van der Waals surface area (Å²) >= 11 is 8.10. The third-order valence-corrected chi connectivity index (χ3v) is 5.41. The standard InChI is InChI=1S/C20H27ClINO5/c1-19(2,3)28-18(25)23-13-16(27-15-8-5-7-14(22)11-15)12-20(23,9-6-10-21)17(24)26-4/h5,7-8,11,16H,6,9-10,12-13H2,1-4H3/t16-,20+/m0/s1. The van der Waals surface area contributed by atoms with Gasteiger partial charge in [0.1, 0.15) is 23.0 Å². The van der Waals surface area contributed by atoms with Crippen LogP contribution in [0.15, 0.2) is 24.3 Å². The maximum Gasteiger partial charge on any atom is 0.411 e. The van der Waals surface area contributed by atoms with E-state index < -0.39 is 23.2 Å². The van der Waals surface area contributed by atoms with Crippen molar-refractivity contribution in [3.63, 3.8) is 0 Å². The number of alkyl halides is 1. The van der Waals surface area contributed by atoms with E-state index in [-0.39, 0.29) is 12.6 Å². The molecule has 0 spiro atoms. The number of carbonyl (C=O) groups is 2. The molecule has 0 aromatic heterocycles. The van der Waals surface area contributed by atoms with Gasteiger partial charge in [0.2, 0.25) is 0 Å². The number of hydrogen-bond donors (Lipinski definition) is 0. The van der Waals surface area contributed by atoms with Crippen LogP contribution in [0.2, 0.25) is 0 Å². The highest BCUT2D eigenvalue weighted by molar-refractivity contribution is 14.1. The lowest BCUT2D eigenvalue weighted by Crippen LogP contribution is -2.54. The van der Waals surface area contributed by atoms with Gasteiger partial charge in [-0.25, -0.2) is 9.59 Å². The fourth-order valence-corrected chi connectivity index (χ4v) is 4.04. The molecule has 0 unspecified atom stereocenters. The molecule has 2 atom stereocenters. The molecule has 6 nitrogen and oxygen atoms in total. The summed E-state index contributed by atoms with van der Waals surface area (Å²) in [7, 11) is 1.33. The van der Waals surface area contributed by atoms with Gasteiger partial charge in [0.25, 0.3) is 0 Å². The van der Waals surface area contributed by atoms with Gasteiger partial charge >= 0.3 is 12.1 Å². The molecule has 1 heterocycles. The van der Waals surface area contributed by atoms with Crippen molar-refractivity contribution in [2.75, 3.05) is 19.5 Å². The molecule has 1 fully saturated rings. The molecule has 8 heteroatoms. The molecule has 0 radical (unpaired) electrons. The number of amides is 1. The highest BCUT2D eigenvalue weighted by Gasteiger charge is 2.55. The predicted molar refractivity (Wildman–Crippen MR) is 116 cm³/mol. The number of esters is 1. The van der Waals surface area contributed by atoms with E-state index >= 15 is 0 Å².